The molecule has 1 aromatic rings. The highest BCUT2D eigenvalue weighted by atomic mass is 32.2. The molecular formula is C14H21NO5S. The van der Waals surface area contributed by atoms with E-state index in [1.165, 1.54) is 19.2 Å². The Morgan fingerprint density at radius 2 is 1.86 bits per heavy atom. The third kappa shape index (κ3) is 5.82. The van der Waals surface area contributed by atoms with Crippen LogP contribution in [0, 0.1) is 0 Å². The zero-order valence-electron chi connectivity index (χ0n) is 12.4. The number of rotatable bonds is 8. The van der Waals surface area contributed by atoms with Crippen LogP contribution >= 0.6 is 0 Å². The average molecular weight is 315 g/mol. The molecule has 21 heavy (non-hydrogen) atoms. The van der Waals surface area contributed by atoms with Crippen LogP contribution < -0.4 is 4.72 Å². The number of hydrogen-bond acceptors (Lipinski definition) is 4. The van der Waals surface area contributed by atoms with Crippen LogP contribution in [-0.2, 0) is 26.0 Å². The molecule has 0 saturated heterocycles. The summed E-state index contributed by atoms with van der Waals surface area (Å²) in [4.78, 5) is 10.6. The fourth-order valence-corrected chi connectivity index (χ4v) is 2.71. The van der Waals surface area contributed by atoms with Gasteiger partial charge in [0.15, 0.2) is 0 Å². The number of benzene rings is 1. The van der Waals surface area contributed by atoms with E-state index in [0.29, 0.717) is 6.42 Å². The molecule has 0 aliphatic heterocycles. The Morgan fingerprint density at radius 3 is 2.33 bits per heavy atom. The highest BCUT2D eigenvalue weighted by molar-refractivity contribution is 7.89. The number of aliphatic carboxylic acids is 1. The second kappa shape index (κ2) is 7.02. The van der Waals surface area contributed by atoms with Crippen molar-refractivity contribution >= 4 is 16.0 Å². The summed E-state index contributed by atoms with van der Waals surface area (Å²) in [7, 11) is -2.08. The first-order valence-electron chi connectivity index (χ1n) is 6.52. The molecule has 0 spiro atoms. The van der Waals surface area contributed by atoms with Gasteiger partial charge < -0.3 is 9.84 Å². The molecule has 0 aliphatic rings. The summed E-state index contributed by atoms with van der Waals surface area (Å²) >= 11 is 0. The van der Waals surface area contributed by atoms with Crippen LogP contribution in [0.3, 0.4) is 0 Å². The van der Waals surface area contributed by atoms with Gasteiger partial charge in [0.1, 0.15) is 0 Å². The third-order valence-electron chi connectivity index (χ3n) is 3.10. The maximum absolute atomic E-state index is 12.1. The van der Waals surface area contributed by atoms with Crippen molar-refractivity contribution in [1.29, 1.82) is 0 Å². The number of carbonyl (C=O) groups is 1. The maximum Gasteiger partial charge on any atom is 0.303 e. The molecule has 0 atom stereocenters. The number of carboxylic acid groups (broad SMARTS) is 1. The average Bonchev–Trinajstić information content (AvgIpc) is 2.44. The predicted octanol–water partition coefficient (Wildman–Crippen LogP) is 1.41. The minimum Gasteiger partial charge on any atom is -0.481 e. The summed E-state index contributed by atoms with van der Waals surface area (Å²) in [5.74, 6) is -0.879. The van der Waals surface area contributed by atoms with Gasteiger partial charge in [-0.25, -0.2) is 13.1 Å². The first-order valence-corrected chi connectivity index (χ1v) is 8.00. The summed E-state index contributed by atoms with van der Waals surface area (Å²) < 4.78 is 31.9. The van der Waals surface area contributed by atoms with Gasteiger partial charge in [-0.1, -0.05) is 12.1 Å². The Bertz CT molecular complexity index is 578. The van der Waals surface area contributed by atoms with E-state index in [2.05, 4.69) is 4.72 Å². The molecule has 1 aromatic carbocycles. The van der Waals surface area contributed by atoms with Crippen molar-refractivity contribution in [2.75, 3.05) is 13.7 Å². The van der Waals surface area contributed by atoms with Crippen molar-refractivity contribution in [1.82, 2.24) is 4.72 Å². The largest absolute Gasteiger partial charge is 0.481 e. The van der Waals surface area contributed by atoms with Gasteiger partial charge in [0, 0.05) is 20.1 Å². The van der Waals surface area contributed by atoms with Gasteiger partial charge in [0.25, 0.3) is 0 Å². The van der Waals surface area contributed by atoms with Gasteiger partial charge in [0.05, 0.1) is 10.5 Å². The number of carboxylic acids is 1. The first kappa shape index (κ1) is 17.6. The fraction of sp³-hybridized carbons (Fsp3) is 0.500. The van der Waals surface area contributed by atoms with Crippen LogP contribution in [0.2, 0.25) is 0 Å². The number of ether oxygens (including phenoxy) is 1. The molecule has 0 aromatic heterocycles. The molecule has 1 rings (SSSR count). The molecule has 0 aliphatic carbocycles. The molecular weight excluding hydrogens is 294 g/mol. The standard InChI is InChI=1S/C14H21NO5S/c1-14(2,20-3)10-15-21(18,19)12-7-4-11(5-8-12)6-9-13(16)17/h4-5,7-8,15H,6,9-10H2,1-3H3,(H,16,17). The van der Waals surface area contributed by atoms with Crippen molar-refractivity contribution in [3.63, 3.8) is 0 Å². The lowest BCUT2D eigenvalue weighted by molar-refractivity contribution is -0.136. The Balaban J connectivity index is 2.73. The van der Waals surface area contributed by atoms with Crippen LogP contribution in [-0.4, -0.2) is 38.7 Å². The number of nitrogens with one attached hydrogen (secondary N) is 1. The van der Waals surface area contributed by atoms with E-state index < -0.39 is 21.6 Å². The minimum atomic E-state index is -3.60. The highest BCUT2D eigenvalue weighted by Crippen LogP contribution is 2.13. The fourth-order valence-electron chi connectivity index (χ4n) is 1.51. The van der Waals surface area contributed by atoms with Crippen molar-refractivity contribution in [3.8, 4) is 0 Å². The molecule has 0 unspecified atom stereocenters. The summed E-state index contributed by atoms with van der Waals surface area (Å²) in [5, 5.41) is 8.61. The predicted molar refractivity (Wildman–Crippen MR) is 78.7 cm³/mol. The Morgan fingerprint density at radius 1 is 1.29 bits per heavy atom. The zero-order chi connectivity index (χ0) is 16.1. The summed E-state index contributed by atoms with van der Waals surface area (Å²) in [6.45, 7) is 3.72. The molecule has 6 nitrogen and oxygen atoms in total. The first-order chi connectivity index (χ1) is 9.66. The van der Waals surface area contributed by atoms with E-state index in [1.807, 2.05) is 0 Å². The van der Waals surface area contributed by atoms with Crippen LogP contribution in [0.5, 0.6) is 0 Å². The Kier molecular flexibility index (Phi) is 5.88. The van der Waals surface area contributed by atoms with E-state index >= 15 is 0 Å². The Labute approximate surface area is 125 Å². The molecule has 0 radical (unpaired) electrons. The van der Waals surface area contributed by atoms with Crippen molar-refractivity contribution in [2.24, 2.45) is 0 Å². The maximum atomic E-state index is 12.1. The third-order valence-corrected chi connectivity index (χ3v) is 4.52. The van der Waals surface area contributed by atoms with Gasteiger partial charge in [0.2, 0.25) is 10.0 Å². The van der Waals surface area contributed by atoms with Gasteiger partial charge in [-0.15, -0.1) is 0 Å². The van der Waals surface area contributed by atoms with Gasteiger partial charge in [-0.3, -0.25) is 4.79 Å². The molecule has 7 heteroatoms. The van der Waals surface area contributed by atoms with Crippen LogP contribution in [0.15, 0.2) is 29.2 Å². The second-order valence-electron chi connectivity index (χ2n) is 5.33. The van der Waals surface area contributed by atoms with E-state index in [9.17, 15) is 13.2 Å². The molecule has 118 valence electrons. The molecule has 2 N–H and O–H groups in total. The monoisotopic (exact) mass is 315 g/mol. The lowest BCUT2D eigenvalue weighted by atomic mass is 10.1. The van der Waals surface area contributed by atoms with Gasteiger partial charge in [-0.2, -0.15) is 0 Å². The number of sulfonamides is 1. The Hall–Kier alpha value is -1.44. The minimum absolute atomic E-state index is 0.0202. The van der Waals surface area contributed by atoms with Gasteiger partial charge in [-0.05, 0) is 38.0 Å². The van der Waals surface area contributed by atoms with Crippen molar-refractivity contribution in [3.05, 3.63) is 29.8 Å². The van der Waals surface area contributed by atoms with Crippen molar-refractivity contribution < 1.29 is 23.1 Å². The lowest BCUT2D eigenvalue weighted by Gasteiger charge is -2.23. The van der Waals surface area contributed by atoms with Crippen LogP contribution in [0.25, 0.3) is 0 Å². The number of methoxy groups -OCH3 is 1. The summed E-state index contributed by atoms with van der Waals surface area (Å²) in [6.07, 6.45) is 0.395. The summed E-state index contributed by atoms with van der Waals surface area (Å²) in [5.41, 5.74) is 0.197. The molecule has 0 amide bonds. The molecule has 0 heterocycles. The van der Waals surface area contributed by atoms with Crippen LogP contribution in [0.4, 0.5) is 0 Å². The van der Waals surface area contributed by atoms with E-state index in [4.69, 9.17) is 9.84 Å². The number of hydrogen-bond donors (Lipinski definition) is 2. The molecule has 0 bridgehead atoms. The molecule has 0 saturated carbocycles. The van der Waals surface area contributed by atoms with E-state index in [0.717, 1.165) is 5.56 Å². The zero-order valence-corrected chi connectivity index (χ0v) is 13.2. The van der Waals surface area contributed by atoms with E-state index in [1.54, 1.807) is 26.0 Å². The molecule has 0 fully saturated rings. The highest BCUT2D eigenvalue weighted by Gasteiger charge is 2.21. The topological polar surface area (TPSA) is 92.7 Å². The number of aryl methyl sites for hydroxylation is 1. The normalized spacial score (nSPS) is 12.3. The lowest BCUT2D eigenvalue weighted by Crippen LogP contribution is -2.39. The van der Waals surface area contributed by atoms with Crippen LogP contribution in [0.1, 0.15) is 25.8 Å². The second-order valence-corrected chi connectivity index (χ2v) is 7.09. The van der Waals surface area contributed by atoms with E-state index in [-0.39, 0.29) is 17.9 Å². The SMILES string of the molecule is COC(C)(C)CNS(=O)(=O)c1ccc(CCC(=O)O)cc1. The quantitative estimate of drug-likeness (QED) is 0.756. The van der Waals surface area contributed by atoms with Gasteiger partial charge >= 0.3 is 5.97 Å². The smallest absolute Gasteiger partial charge is 0.303 e. The summed E-state index contributed by atoms with van der Waals surface area (Å²) in [6, 6.07) is 6.19. The van der Waals surface area contributed by atoms with Crippen molar-refractivity contribution in [2.45, 2.75) is 37.2 Å².